The number of rotatable bonds is 5. The molecular weight excluding hydrogens is 310 g/mol. The summed E-state index contributed by atoms with van der Waals surface area (Å²) in [6, 6.07) is 4.08. The second-order valence-corrected chi connectivity index (χ2v) is 7.96. The van der Waals surface area contributed by atoms with E-state index in [0.29, 0.717) is 5.92 Å². The number of hydrogen-bond acceptors (Lipinski definition) is 5. The van der Waals surface area contributed by atoms with Gasteiger partial charge in [0.15, 0.2) is 0 Å². The van der Waals surface area contributed by atoms with Crippen molar-refractivity contribution in [1.29, 1.82) is 5.26 Å². The summed E-state index contributed by atoms with van der Waals surface area (Å²) in [6.07, 6.45) is 1.89. The van der Waals surface area contributed by atoms with Crippen molar-refractivity contribution in [3.8, 4) is 6.07 Å². The number of hydrogen-bond donors (Lipinski definition) is 1. The summed E-state index contributed by atoms with van der Waals surface area (Å²) in [7, 11) is 0. The summed E-state index contributed by atoms with van der Waals surface area (Å²) in [6.45, 7) is 8.98. The third-order valence-electron chi connectivity index (χ3n) is 3.75. The van der Waals surface area contributed by atoms with Crippen LogP contribution in [0.5, 0.6) is 0 Å². The Labute approximate surface area is 142 Å². The Morgan fingerprint density at radius 1 is 1.57 bits per heavy atom. The van der Waals surface area contributed by atoms with Gasteiger partial charge in [0, 0.05) is 29.9 Å². The van der Waals surface area contributed by atoms with Gasteiger partial charge in [0.2, 0.25) is 0 Å². The molecule has 1 fully saturated rings. The zero-order chi connectivity index (χ0) is 16.9. The zero-order valence-corrected chi connectivity index (χ0v) is 14.9. The van der Waals surface area contributed by atoms with E-state index in [0.717, 1.165) is 44.6 Å². The lowest BCUT2D eigenvalue weighted by molar-refractivity contribution is 0.0287. The number of ether oxygens (including phenoxy) is 1. The second kappa shape index (κ2) is 7.80. The minimum Gasteiger partial charge on any atom is -0.444 e. The zero-order valence-electron chi connectivity index (χ0n) is 14.1. The van der Waals surface area contributed by atoms with Crippen molar-refractivity contribution < 1.29 is 9.53 Å². The fraction of sp³-hybridized carbons (Fsp3) is 0.647. The molecule has 0 aliphatic carbocycles. The molecule has 0 saturated carbocycles. The molecule has 1 aliphatic rings. The maximum Gasteiger partial charge on any atom is 0.410 e. The van der Waals surface area contributed by atoms with Gasteiger partial charge in [-0.15, -0.1) is 11.3 Å². The second-order valence-electron chi connectivity index (χ2n) is 6.96. The highest BCUT2D eigenvalue weighted by molar-refractivity contribution is 7.10. The van der Waals surface area contributed by atoms with Gasteiger partial charge in [0.1, 0.15) is 11.7 Å². The average molecular weight is 335 g/mol. The van der Waals surface area contributed by atoms with E-state index in [9.17, 15) is 4.79 Å². The van der Waals surface area contributed by atoms with Gasteiger partial charge in [-0.1, -0.05) is 0 Å². The molecular formula is C17H25N3O2S. The molecule has 23 heavy (non-hydrogen) atoms. The van der Waals surface area contributed by atoms with Crippen LogP contribution >= 0.6 is 11.3 Å². The maximum absolute atomic E-state index is 12.0. The number of thiophene rings is 1. The first kappa shape index (κ1) is 17.8. The highest BCUT2D eigenvalue weighted by Crippen LogP contribution is 2.21. The largest absolute Gasteiger partial charge is 0.444 e. The molecule has 1 amide bonds. The van der Waals surface area contributed by atoms with E-state index >= 15 is 0 Å². The van der Waals surface area contributed by atoms with Crippen molar-refractivity contribution in [2.75, 3.05) is 19.6 Å². The smallest absolute Gasteiger partial charge is 0.410 e. The lowest BCUT2D eigenvalue weighted by atomic mass is 10.1. The van der Waals surface area contributed by atoms with E-state index in [-0.39, 0.29) is 6.09 Å². The molecule has 1 aromatic heterocycles. The molecule has 0 radical (unpaired) electrons. The highest BCUT2D eigenvalue weighted by Gasteiger charge is 2.29. The molecule has 126 valence electrons. The Morgan fingerprint density at radius 3 is 3.00 bits per heavy atom. The van der Waals surface area contributed by atoms with Crippen molar-refractivity contribution in [2.24, 2.45) is 5.92 Å². The SMILES string of the molecule is CC(C)(C)OC(=O)N1CCC(CCNCc2cc(C#N)cs2)C1. The quantitative estimate of drug-likeness (QED) is 0.838. The summed E-state index contributed by atoms with van der Waals surface area (Å²) in [4.78, 5) is 15.0. The number of nitrogens with one attached hydrogen (secondary N) is 1. The predicted octanol–water partition coefficient (Wildman–Crippen LogP) is 3.36. The summed E-state index contributed by atoms with van der Waals surface area (Å²) < 4.78 is 5.41. The van der Waals surface area contributed by atoms with Crippen LogP contribution in [0.25, 0.3) is 0 Å². The summed E-state index contributed by atoms with van der Waals surface area (Å²) in [5, 5.41) is 14.1. The first-order valence-corrected chi connectivity index (χ1v) is 8.91. The first-order valence-electron chi connectivity index (χ1n) is 8.03. The Morgan fingerprint density at radius 2 is 2.35 bits per heavy atom. The number of likely N-dealkylation sites (tertiary alicyclic amines) is 1. The van der Waals surface area contributed by atoms with E-state index < -0.39 is 5.60 Å². The molecule has 1 atom stereocenters. The van der Waals surface area contributed by atoms with Crippen LogP contribution in [-0.2, 0) is 11.3 Å². The average Bonchev–Trinajstić information content (AvgIpc) is 3.11. The molecule has 0 spiro atoms. The fourth-order valence-corrected chi connectivity index (χ4v) is 3.39. The van der Waals surface area contributed by atoms with E-state index in [1.807, 2.05) is 37.1 Å². The lowest BCUT2D eigenvalue weighted by Gasteiger charge is -2.24. The summed E-state index contributed by atoms with van der Waals surface area (Å²) >= 11 is 1.61. The minimum atomic E-state index is -0.431. The van der Waals surface area contributed by atoms with Crippen molar-refractivity contribution in [3.05, 3.63) is 21.9 Å². The van der Waals surface area contributed by atoms with Gasteiger partial charge in [0.25, 0.3) is 0 Å². The molecule has 1 N–H and O–H groups in total. The van der Waals surface area contributed by atoms with Crippen LogP contribution in [0.1, 0.15) is 44.1 Å². The summed E-state index contributed by atoms with van der Waals surface area (Å²) in [5.74, 6) is 0.535. The number of nitriles is 1. The molecule has 1 saturated heterocycles. The van der Waals surface area contributed by atoms with E-state index in [2.05, 4.69) is 11.4 Å². The van der Waals surface area contributed by atoms with E-state index in [1.165, 1.54) is 4.88 Å². The van der Waals surface area contributed by atoms with Crippen LogP contribution in [0.15, 0.2) is 11.4 Å². The Hall–Kier alpha value is -1.58. The van der Waals surface area contributed by atoms with Crippen LogP contribution in [0, 0.1) is 17.2 Å². The fourth-order valence-electron chi connectivity index (χ4n) is 2.61. The van der Waals surface area contributed by atoms with Gasteiger partial charge in [0.05, 0.1) is 5.56 Å². The molecule has 1 aromatic rings. The van der Waals surface area contributed by atoms with E-state index in [1.54, 1.807) is 11.3 Å². The van der Waals surface area contributed by atoms with Crippen LogP contribution in [0.3, 0.4) is 0 Å². The first-order chi connectivity index (χ1) is 10.9. The van der Waals surface area contributed by atoms with Gasteiger partial charge in [-0.2, -0.15) is 5.26 Å². The van der Waals surface area contributed by atoms with Gasteiger partial charge >= 0.3 is 6.09 Å². The lowest BCUT2D eigenvalue weighted by Crippen LogP contribution is -2.35. The van der Waals surface area contributed by atoms with Crippen LogP contribution in [0.4, 0.5) is 4.79 Å². The van der Waals surface area contributed by atoms with Gasteiger partial charge in [-0.25, -0.2) is 4.79 Å². The van der Waals surface area contributed by atoms with Crippen molar-refractivity contribution >= 4 is 17.4 Å². The number of amides is 1. The maximum atomic E-state index is 12.0. The van der Waals surface area contributed by atoms with Gasteiger partial charge in [-0.3, -0.25) is 0 Å². The number of carbonyl (C=O) groups is 1. The monoisotopic (exact) mass is 335 g/mol. The van der Waals surface area contributed by atoms with Crippen LogP contribution < -0.4 is 5.32 Å². The van der Waals surface area contributed by atoms with E-state index in [4.69, 9.17) is 10.00 Å². The third kappa shape index (κ3) is 5.85. The van der Waals surface area contributed by atoms with Crippen LogP contribution in [0.2, 0.25) is 0 Å². The molecule has 6 heteroatoms. The standard InChI is InChI=1S/C17H25N3O2S/c1-17(2,3)22-16(21)20-7-5-13(11-20)4-6-19-10-15-8-14(9-18)12-23-15/h8,12-13,19H,4-7,10-11H2,1-3H3. The molecule has 1 unspecified atom stereocenters. The molecule has 1 aliphatic heterocycles. The summed E-state index contributed by atoms with van der Waals surface area (Å²) in [5.41, 5.74) is 0.301. The Kier molecular flexibility index (Phi) is 6.03. The number of carbonyl (C=O) groups excluding carboxylic acids is 1. The molecule has 0 aromatic carbocycles. The molecule has 0 bridgehead atoms. The Balaban J connectivity index is 1.64. The normalized spacial score (nSPS) is 18.0. The van der Waals surface area contributed by atoms with Gasteiger partial charge < -0.3 is 15.0 Å². The topological polar surface area (TPSA) is 65.4 Å². The molecule has 2 heterocycles. The predicted molar refractivity (Wildman–Crippen MR) is 91.3 cm³/mol. The van der Waals surface area contributed by atoms with Crippen LogP contribution in [-0.4, -0.2) is 36.2 Å². The van der Waals surface area contributed by atoms with Crippen molar-refractivity contribution in [3.63, 3.8) is 0 Å². The van der Waals surface area contributed by atoms with Crippen molar-refractivity contribution in [2.45, 2.75) is 45.8 Å². The number of nitrogens with zero attached hydrogens (tertiary/aromatic N) is 2. The Bertz CT molecular complexity index is 571. The minimum absolute atomic E-state index is 0.199. The molecule has 5 nitrogen and oxygen atoms in total. The molecule has 2 rings (SSSR count). The third-order valence-corrected chi connectivity index (χ3v) is 4.69. The van der Waals surface area contributed by atoms with Gasteiger partial charge in [-0.05, 0) is 52.1 Å². The van der Waals surface area contributed by atoms with Crippen molar-refractivity contribution in [1.82, 2.24) is 10.2 Å². The highest BCUT2D eigenvalue weighted by atomic mass is 32.1.